The lowest BCUT2D eigenvalue weighted by molar-refractivity contribution is 0.174. The van der Waals surface area contributed by atoms with E-state index in [1.807, 2.05) is 42.5 Å². The van der Waals surface area contributed by atoms with Crippen molar-refractivity contribution in [2.24, 2.45) is 5.92 Å². The van der Waals surface area contributed by atoms with E-state index < -0.39 is 0 Å². The number of aromatic nitrogens is 2. The van der Waals surface area contributed by atoms with Crippen LogP contribution in [0.5, 0.6) is 11.5 Å². The Balaban J connectivity index is 1.55. The van der Waals surface area contributed by atoms with E-state index in [0.29, 0.717) is 39.3 Å². The van der Waals surface area contributed by atoms with Crippen LogP contribution >= 0.6 is 23.8 Å². The predicted molar refractivity (Wildman–Crippen MR) is 135 cm³/mol. The highest BCUT2D eigenvalue weighted by Crippen LogP contribution is 2.39. The Labute approximate surface area is 208 Å². The second kappa shape index (κ2) is 9.27. The van der Waals surface area contributed by atoms with Gasteiger partial charge in [-0.05, 0) is 67.4 Å². The zero-order chi connectivity index (χ0) is 23.8. The third-order valence-corrected chi connectivity index (χ3v) is 6.61. The van der Waals surface area contributed by atoms with Crippen LogP contribution in [0.1, 0.15) is 44.7 Å². The van der Waals surface area contributed by atoms with Crippen LogP contribution < -0.4 is 14.8 Å². The third kappa shape index (κ3) is 4.35. The van der Waals surface area contributed by atoms with Gasteiger partial charge in [-0.25, -0.2) is 0 Å². The largest absolute Gasteiger partial charge is 0.454 e. The molecule has 1 atom stereocenters. The normalized spacial score (nSPS) is 17.5. The summed E-state index contributed by atoms with van der Waals surface area (Å²) in [7, 11) is 0. The highest BCUT2D eigenvalue weighted by atomic mass is 35.5. The van der Waals surface area contributed by atoms with Gasteiger partial charge in [0.05, 0.1) is 11.6 Å². The number of hydrogen-bond donors (Lipinski definition) is 1. The molecule has 0 saturated heterocycles. The fourth-order valence-electron chi connectivity index (χ4n) is 4.11. The zero-order valence-electron chi connectivity index (χ0n) is 19.2. The number of thiocarbonyl (C=S) groups is 1. The topological polar surface area (TPSA) is 72.6 Å². The summed E-state index contributed by atoms with van der Waals surface area (Å²) in [6, 6.07) is 13.1. The van der Waals surface area contributed by atoms with Gasteiger partial charge in [-0.2, -0.15) is 4.98 Å². The summed E-state index contributed by atoms with van der Waals surface area (Å²) >= 11 is 11.9. The molecule has 0 saturated carbocycles. The van der Waals surface area contributed by atoms with E-state index >= 15 is 0 Å². The van der Waals surface area contributed by atoms with Gasteiger partial charge in [0.1, 0.15) is 0 Å². The fourth-order valence-corrected chi connectivity index (χ4v) is 4.58. The molecule has 5 rings (SSSR count). The lowest BCUT2D eigenvalue weighted by Crippen LogP contribution is -2.46. The summed E-state index contributed by atoms with van der Waals surface area (Å²) in [5, 5.41) is 9.10. The van der Waals surface area contributed by atoms with Crippen molar-refractivity contribution in [2.75, 3.05) is 13.3 Å². The molecule has 1 unspecified atom stereocenters. The molecule has 0 radical (unpaired) electrons. The minimum atomic E-state index is -0.245. The van der Waals surface area contributed by atoms with Crippen molar-refractivity contribution in [2.45, 2.75) is 33.2 Å². The van der Waals surface area contributed by atoms with Gasteiger partial charge in [-0.1, -0.05) is 42.7 Å². The van der Waals surface area contributed by atoms with Crippen LogP contribution in [-0.4, -0.2) is 33.5 Å². The first-order chi connectivity index (χ1) is 16.4. The Morgan fingerprint density at radius 3 is 2.68 bits per heavy atom. The van der Waals surface area contributed by atoms with Crippen molar-refractivity contribution in [3.8, 4) is 22.9 Å². The summed E-state index contributed by atoms with van der Waals surface area (Å²) in [5.74, 6) is 2.84. The van der Waals surface area contributed by atoms with E-state index in [2.05, 4.69) is 36.1 Å². The number of benzene rings is 2. The Bertz CT molecular complexity index is 1260. The van der Waals surface area contributed by atoms with Crippen LogP contribution in [0.2, 0.25) is 5.02 Å². The van der Waals surface area contributed by atoms with Crippen LogP contribution in [0.25, 0.3) is 17.0 Å². The average molecular weight is 497 g/mol. The molecule has 0 amide bonds. The quantitative estimate of drug-likeness (QED) is 0.427. The van der Waals surface area contributed by atoms with Gasteiger partial charge in [-0.3, -0.25) is 0 Å². The van der Waals surface area contributed by atoms with E-state index in [0.717, 1.165) is 35.4 Å². The zero-order valence-corrected chi connectivity index (χ0v) is 20.7. The van der Waals surface area contributed by atoms with Gasteiger partial charge in [-0.15, -0.1) is 0 Å². The second-order valence-corrected chi connectivity index (χ2v) is 9.58. The number of fused-ring (bicyclic) bond motifs is 1. The van der Waals surface area contributed by atoms with Gasteiger partial charge in [0.25, 0.3) is 5.89 Å². The van der Waals surface area contributed by atoms with Gasteiger partial charge in [0, 0.05) is 22.8 Å². The molecule has 2 aromatic carbocycles. The maximum atomic E-state index is 6.14. The number of rotatable bonds is 6. The SMILES string of the molecule is CC1=C(c2nc(-c3ccc4c(c3)OCO4)no2)C(c2ccc(Cl)cc2)NC(=S)N1CCC(C)C. The van der Waals surface area contributed by atoms with Crippen molar-refractivity contribution < 1.29 is 14.0 Å². The van der Waals surface area contributed by atoms with E-state index in [-0.39, 0.29) is 12.8 Å². The number of ether oxygens (including phenoxy) is 2. The van der Waals surface area contributed by atoms with Crippen LogP contribution in [0.4, 0.5) is 0 Å². The second-order valence-electron chi connectivity index (χ2n) is 8.76. The van der Waals surface area contributed by atoms with E-state index in [4.69, 9.17) is 42.8 Å². The van der Waals surface area contributed by atoms with E-state index in [9.17, 15) is 0 Å². The Hall–Kier alpha value is -3.10. The van der Waals surface area contributed by atoms with Crippen molar-refractivity contribution >= 4 is 34.5 Å². The molecular formula is C25H25ClN4O3S. The number of hydrogen-bond acceptors (Lipinski definition) is 6. The predicted octanol–water partition coefficient (Wildman–Crippen LogP) is 5.83. The first-order valence-electron chi connectivity index (χ1n) is 11.2. The molecule has 1 N–H and O–H groups in total. The van der Waals surface area contributed by atoms with Gasteiger partial charge in [0.15, 0.2) is 16.6 Å². The van der Waals surface area contributed by atoms with Crippen LogP contribution in [0.15, 0.2) is 52.7 Å². The molecule has 34 heavy (non-hydrogen) atoms. The highest BCUT2D eigenvalue weighted by molar-refractivity contribution is 7.80. The van der Waals surface area contributed by atoms with Crippen LogP contribution in [-0.2, 0) is 0 Å². The molecule has 2 aliphatic heterocycles. The van der Waals surface area contributed by atoms with Crippen molar-refractivity contribution in [3.05, 3.63) is 64.6 Å². The molecule has 3 heterocycles. The Morgan fingerprint density at radius 2 is 1.91 bits per heavy atom. The fraction of sp³-hybridized carbons (Fsp3) is 0.320. The first-order valence-corrected chi connectivity index (χ1v) is 12.0. The lowest BCUT2D eigenvalue weighted by Gasteiger charge is -2.37. The van der Waals surface area contributed by atoms with Gasteiger partial charge in [0.2, 0.25) is 12.6 Å². The van der Waals surface area contributed by atoms with Gasteiger partial charge < -0.3 is 24.2 Å². The van der Waals surface area contributed by atoms with Crippen molar-refractivity contribution in [3.63, 3.8) is 0 Å². The summed E-state index contributed by atoms with van der Waals surface area (Å²) < 4.78 is 16.7. The van der Waals surface area contributed by atoms with Crippen LogP contribution in [0, 0.1) is 5.92 Å². The molecule has 9 heteroatoms. The van der Waals surface area contributed by atoms with Crippen molar-refractivity contribution in [1.82, 2.24) is 20.4 Å². The molecule has 176 valence electrons. The minimum absolute atomic E-state index is 0.211. The molecule has 1 aromatic heterocycles. The molecular weight excluding hydrogens is 472 g/mol. The number of allylic oxidation sites excluding steroid dienone is 1. The number of halogens is 1. The molecule has 0 aliphatic carbocycles. The number of nitrogens with one attached hydrogen (secondary N) is 1. The van der Waals surface area contributed by atoms with E-state index in [1.165, 1.54) is 0 Å². The summed E-state index contributed by atoms with van der Waals surface area (Å²) in [5.41, 5.74) is 3.67. The maximum Gasteiger partial charge on any atom is 0.258 e. The summed E-state index contributed by atoms with van der Waals surface area (Å²) in [6.07, 6.45) is 1.00. The Kier molecular flexibility index (Phi) is 6.18. The molecule has 0 spiro atoms. The molecule has 0 fully saturated rings. The minimum Gasteiger partial charge on any atom is -0.454 e. The molecule has 0 bridgehead atoms. The standard InChI is InChI=1S/C25H25ClN4O3S/c1-14(2)10-11-30-15(3)21(22(27-25(30)34)16-4-7-18(26)8-5-16)24-28-23(29-33-24)17-6-9-19-20(12-17)32-13-31-19/h4-9,12,14,22H,10-11,13H2,1-3H3,(H,27,34). The molecule has 7 nitrogen and oxygen atoms in total. The lowest BCUT2D eigenvalue weighted by atomic mass is 9.94. The third-order valence-electron chi connectivity index (χ3n) is 6.02. The first kappa shape index (κ1) is 22.7. The van der Waals surface area contributed by atoms with Crippen LogP contribution in [0.3, 0.4) is 0 Å². The smallest absolute Gasteiger partial charge is 0.258 e. The molecule has 2 aliphatic rings. The maximum absolute atomic E-state index is 6.14. The van der Waals surface area contributed by atoms with Crippen molar-refractivity contribution in [1.29, 1.82) is 0 Å². The highest BCUT2D eigenvalue weighted by Gasteiger charge is 2.34. The number of nitrogens with zero attached hydrogens (tertiary/aromatic N) is 3. The van der Waals surface area contributed by atoms with E-state index in [1.54, 1.807) is 0 Å². The molecule has 3 aromatic rings. The van der Waals surface area contributed by atoms with Gasteiger partial charge >= 0.3 is 0 Å². The monoisotopic (exact) mass is 496 g/mol. The average Bonchev–Trinajstić information content (AvgIpc) is 3.48. The summed E-state index contributed by atoms with van der Waals surface area (Å²) in [4.78, 5) is 6.87. The summed E-state index contributed by atoms with van der Waals surface area (Å²) in [6.45, 7) is 7.47. The Morgan fingerprint density at radius 1 is 1.15 bits per heavy atom.